The number of hydrogen-bond acceptors (Lipinski definition) is 8. The Labute approximate surface area is 227 Å². The van der Waals surface area contributed by atoms with Crippen LogP contribution in [0.5, 0.6) is 0 Å². The van der Waals surface area contributed by atoms with Gasteiger partial charge in [0.05, 0.1) is 6.10 Å². The molecule has 9 heteroatoms. The highest BCUT2D eigenvalue weighted by Gasteiger charge is 2.87. The van der Waals surface area contributed by atoms with Gasteiger partial charge in [-0.05, 0) is 39.2 Å². The highest BCUT2D eigenvalue weighted by Crippen LogP contribution is 2.71. The van der Waals surface area contributed by atoms with Crippen LogP contribution >= 0.6 is 0 Å². The molecule has 0 bridgehead atoms. The van der Waals surface area contributed by atoms with Crippen LogP contribution in [0.15, 0.2) is 42.5 Å². The highest BCUT2D eigenvalue weighted by atomic mass is 16.7. The Kier molecular flexibility index (Phi) is 5.77. The van der Waals surface area contributed by atoms with Crippen molar-refractivity contribution in [1.82, 2.24) is 5.32 Å². The summed E-state index contributed by atoms with van der Waals surface area (Å²) in [6, 6.07) is 9.40. The van der Waals surface area contributed by atoms with Crippen LogP contribution in [0.2, 0.25) is 0 Å². The van der Waals surface area contributed by atoms with E-state index in [4.69, 9.17) is 14.2 Å². The van der Waals surface area contributed by atoms with Crippen molar-refractivity contribution in [2.24, 2.45) is 23.2 Å². The molecular formula is C30H37NO8. The summed E-state index contributed by atoms with van der Waals surface area (Å²) >= 11 is 0. The lowest BCUT2D eigenvalue weighted by molar-refractivity contribution is -0.178. The van der Waals surface area contributed by atoms with Gasteiger partial charge >= 0.3 is 5.97 Å². The molecule has 39 heavy (non-hydrogen) atoms. The van der Waals surface area contributed by atoms with Crippen molar-refractivity contribution in [3.63, 3.8) is 0 Å². The number of nitrogens with one attached hydrogen (secondary N) is 1. The molecule has 9 nitrogen and oxygen atoms in total. The fraction of sp³-hybridized carbons (Fsp3) is 0.633. The summed E-state index contributed by atoms with van der Waals surface area (Å²) in [5.41, 5.74) is -4.15. The van der Waals surface area contributed by atoms with Crippen LogP contribution in [0, 0.1) is 23.2 Å². The van der Waals surface area contributed by atoms with Crippen molar-refractivity contribution >= 4 is 17.7 Å². The molecule has 1 spiro atoms. The molecule has 3 heterocycles. The molecular weight excluding hydrogens is 502 g/mol. The first kappa shape index (κ1) is 26.6. The molecule has 6 rings (SSSR count). The first-order valence-corrected chi connectivity index (χ1v) is 13.8. The summed E-state index contributed by atoms with van der Waals surface area (Å²) in [6.07, 6.45) is 0.231. The Morgan fingerprint density at radius 2 is 1.85 bits per heavy atom. The number of esters is 1. The van der Waals surface area contributed by atoms with Crippen molar-refractivity contribution in [2.45, 2.75) is 94.7 Å². The molecule has 12 atom stereocenters. The Morgan fingerprint density at radius 3 is 2.51 bits per heavy atom. The molecule has 3 N–H and O–H groups in total. The minimum Gasteiger partial charge on any atom is -0.458 e. The number of rotatable bonds is 3. The van der Waals surface area contributed by atoms with Crippen LogP contribution < -0.4 is 5.32 Å². The van der Waals surface area contributed by atoms with E-state index in [1.807, 2.05) is 44.2 Å². The minimum atomic E-state index is -1.84. The first-order valence-electron chi connectivity index (χ1n) is 13.8. The number of hydrogen-bond donors (Lipinski definition) is 3. The lowest BCUT2D eigenvalue weighted by Gasteiger charge is -2.51. The van der Waals surface area contributed by atoms with Gasteiger partial charge in [0.2, 0.25) is 5.91 Å². The number of ether oxygens (including phenoxy) is 3. The number of carbonyl (C=O) groups is 3. The second-order valence-corrected chi connectivity index (χ2v) is 12.6. The Morgan fingerprint density at radius 1 is 1.15 bits per heavy atom. The summed E-state index contributed by atoms with van der Waals surface area (Å²) in [6.45, 7) is 8.18. The van der Waals surface area contributed by atoms with Gasteiger partial charge in [-0.1, -0.05) is 49.4 Å². The summed E-state index contributed by atoms with van der Waals surface area (Å²) in [4.78, 5) is 40.2. The third-order valence-electron chi connectivity index (χ3n) is 10.3. The average molecular weight is 540 g/mol. The quantitative estimate of drug-likeness (QED) is 0.298. The number of allylic oxidation sites excluding steroid dienone is 1. The van der Waals surface area contributed by atoms with Crippen LogP contribution in [0.1, 0.15) is 46.6 Å². The van der Waals surface area contributed by atoms with Crippen molar-refractivity contribution in [2.75, 3.05) is 0 Å². The number of aliphatic hydroxyl groups is 2. The van der Waals surface area contributed by atoms with Gasteiger partial charge in [-0.25, -0.2) is 0 Å². The van der Waals surface area contributed by atoms with E-state index in [1.54, 1.807) is 19.1 Å². The third kappa shape index (κ3) is 3.49. The zero-order valence-corrected chi connectivity index (χ0v) is 22.9. The summed E-state index contributed by atoms with van der Waals surface area (Å²) < 4.78 is 18.3. The smallest absolute Gasteiger partial charge is 0.303 e. The summed E-state index contributed by atoms with van der Waals surface area (Å²) in [5, 5.41) is 26.4. The van der Waals surface area contributed by atoms with Gasteiger partial charge in [-0.15, -0.1) is 0 Å². The standard InChI is InChI=1S/C30H37NO8/c1-15-10-9-13-18-23(34)29(5)28(4,39-29)21-19(14-17-11-7-6-8-12-17)31-26(35)30(18,21)25(37-16(2)32)20-24(38-20)27(3,36)22(15)33/h6-9,11-13,15,18-21,23-25,34,36H,10,14H2,1-5H3,(H,31,35)/b13-9-/t15-,18-,19-,20+,21+,23-,24+,25?,27-,28+,29-,30-/m0/s1. The average Bonchev–Trinajstić information content (AvgIpc) is 3.75. The van der Waals surface area contributed by atoms with Crippen molar-refractivity contribution in [1.29, 1.82) is 0 Å². The number of benzene rings is 1. The maximum atomic E-state index is 14.4. The molecule has 1 saturated carbocycles. The Hall–Kier alpha value is -2.59. The monoisotopic (exact) mass is 539 g/mol. The minimum absolute atomic E-state index is 0.304. The van der Waals surface area contributed by atoms with E-state index in [-0.39, 0.29) is 11.7 Å². The number of fused-ring (bicyclic) bond motifs is 3. The van der Waals surface area contributed by atoms with Gasteiger partial charge in [0.15, 0.2) is 5.78 Å². The Bertz CT molecular complexity index is 1250. The largest absolute Gasteiger partial charge is 0.458 e. The van der Waals surface area contributed by atoms with Crippen LogP contribution in [-0.4, -0.2) is 75.1 Å². The van der Waals surface area contributed by atoms with Gasteiger partial charge in [-0.3, -0.25) is 14.4 Å². The molecule has 1 unspecified atom stereocenters. The number of ketones is 1. The molecule has 3 aliphatic heterocycles. The van der Waals surface area contributed by atoms with Crippen molar-refractivity contribution in [3.8, 4) is 0 Å². The number of Topliss-reactive ketones (excluding diaryl/α,β-unsaturated/α-hetero) is 1. The number of epoxide rings is 2. The van der Waals surface area contributed by atoms with E-state index in [1.165, 1.54) is 13.8 Å². The van der Waals surface area contributed by atoms with Gasteiger partial charge in [-0.2, -0.15) is 0 Å². The first-order chi connectivity index (χ1) is 18.3. The van der Waals surface area contributed by atoms with E-state index in [2.05, 4.69) is 5.32 Å². The molecule has 1 aromatic carbocycles. The molecule has 1 aromatic rings. The van der Waals surface area contributed by atoms with E-state index in [0.717, 1.165) is 5.56 Å². The maximum absolute atomic E-state index is 14.4. The second kappa shape index (κ2) is 8.46. The topological polar surface area (TPSA) is 138 Å². The second-order valence-electron chi connectivity index (χ2n) is 12.6. The predicted octanol–water partition coefficient (Wildman–Crippen LogP) is 1.48. The van der Waals surface area contributed by atoms with Crippen molar-refractivity contribution < 1.29 is 38.8 Å². The lowest BCUT2D eigenvalue weighted by Crippen LogP contribution is -2.67. The SMILES string of the molecule is CC(=O)OC1[C@@H]2O[C@H]2[C@@](C)(O)C(=O)[C@@H](C)C/C=C\[C@H]2[C@H](O)[C@]3(C)O[C@]3(C)[C@H]3[C@H](Cc4ccccc4)NC(=O)[C@@]123. The maximum Gasteiger partial charge on any atom is 0.303 e. The van der Waals surface area contributed by atoms with Gasteiger partial charge in [0, 0.05) is 30.7 Å². The summed E-state index contributed by atoms with van der Waals surface area (Å²) in [5.74, 6) is -3.22. The zero-order chi connectivity index (χ0) is 28.1. The van der Waals surface area contributed by atoms with Crippen LogP contribution in [0.25, 0.3) is 0 Å². The third-order valence-corrected chi connectivity index (χ3v) is 10.3. The lowest BCUT2D eigenvalue weighted by atomic mass is 9.49. The van der Waals surface area contributed by atoms with Gasteiger partial charge in [0.25, 0.3) is 0 Å². The predicted molar refractivity (Wildman–Crippen MR) is 138 cm³/mol. The molecule has 0 radical (unpaired) electrons. The zero-order valence-electron chi connectivity index (χ0n) is 22.9. The summed E-state index contributed by atoms with van der Waals surface area (Å²) in [7, 11) is 0. The highest BCUT2D eigenvalue weighted by molar-refractivity contribution is 5.91. The molecule has 5 aliphatic rings. The normalized spacial score (nSPS) is 50.7. The van der Waals surface area contributed by atoms with Crippen LogP contribution in [0.4, 0.5) is 0 Å². The van der Waals surface area contributed by atoms with Gasteiger partial charge < -0.3 is 29.7 Å². The molecule has 210 valence electrons. The fourth-order valence-electron chi connectivity index (χ4n) is 8.19. The molecule has 3 saturated heterocycles. The van der Waals surface area contributed by atoms with Crippen LogP contribution in [-0.2, 0) is 35.0 Å². The van der Waals surface area contributed by atoms with Crippen molar-refractivity contribution in [3.05, 3.63) is 48.0 Å². The van der Waals surface area contributed by atoms with E-state index in [0.29, 0.717) is 12.8 Å². The van der Waals surface area contributed by atoms with E-state index >= 15 is 0 Å². The van der Waals surface area contributed by atoms with E-state index < -0.39 is 76.4 Å². The number of aliphatic hydroxyl groups excluding tert-OH is 1. The number of amides is 1. The Balaban J connectivity index is 1.56. The van der Waals surface area contributed by atoms with Crippen LogP contribution in [0.3, 0.4) is 0 Å². The molecule has 2 aliphatic carbocycles. The number of carbonyl (C=O) groups excluding carboxylic acids is 3. The van der Waals surface area contributed by atoms with E-state index in [9.17, 15) is 24.6 Å². The molecule has 1 amide bonds. The van der Waals surface area contributed by atoms with Gasteiger partial charge in [0.1, 0.15) is 40.5 Å². The molecule has 0 aromatic heterocycles. The fourth-order valence-corrected chi connectivity index (χ4v) is 8.19. The molecule has 4 fully saturated rings.